The number of rotatable bonds is 5. The molecule has 7 heteroatoms. The number of hydroxylamine groups is 1. The summed E-state index contributed by atoms with van der Waals surface area (Å²) in [6.45, 7) is 3.82. The number of hydrogen-bond acceptors (Lipinski definition) is 5. The Bertz CT molecular complexity index is 339. The zero-order valence-corrected chi connectivity index (χ0v) is 6.80. The highest BCUT2D eigenvalue weighted by atomic mass is 16.6. The van der Waals surface area contributed by atoms with Crippen LogP contribution in [0.25, 0.3) is 6.20 Å². The summed E-state index contributed by atoms with van der Waals surface area (Å²) < 4.78 is 1.02. The molecule has 0 aliphatic rings. The maximum Gasteiger partial charge on any atom is 0.365 e. The van der Waals surface area contributed by atoms with Gasteiger partial charge in [0.05, 0.1) is 12.8 Å². The molecule has 0 saturated heterocycles. The molecule has 13 heavy (non-hydrogen) atoms. The van der Waals surface area contributed by atoms with Crippen LogP contribution in [0.1, 0.15) is 0 Å². The Morgan fingerprint density at radius 2 is 2.62 bits per heavy atom. The van der Waals surface area contributed by atoms with E-state index in [4.69, 9.17) is 4.84 Å². The molecule has 1 aromatic heterocycles. The number of aromatic nitrogens is 4. The smallest absolute Gasteiger partial charge is 0.273 e. The number of nitrogens with zero attached hydrogens (tertiary/aromatic N) is 3. The van der Waals surface area contributed by atoms with Crippen molar-refractivity contribution in [2.45, 2.75) is 0 Å². The third-order valence-electron chi connectivity index (χ3n) is 1.06. The summed E-state index contributed by atoms with van der Waals surface area (Å²) in [6.07, 6.45) is 4.37. The summed E-state index contributed by atoms with van der Waals surface area (Å²) in [5.41, 5.74) is 2.04. The fraction of sp³-hybridized carbons (Fsp3) is 0.167. The van der Waals surface area contributed by atoms with Gasteiger partial charge in [0, 0.05) is 6.20 Å². The summed E-state index contributed by atoms with van der Waals surface area (Å²) in [6, 6.07) is 0. The lowest BCUT2D eigenvalue weighted by Crippen LogP contribution is -2.14. The zero-order chi connectivity index (χ0) is 9.52. The summed E-state index contributed by atoms with van der Waals surface area (Å²) in [7, 11) is 0. The second-order valence-electron chi connectivity index (χ2n) is 1.98. The van der Waals surface area contributed by atoms with Crippen molar-refractivity contribution >= 4 is 6.20 Å². The highest BCUT2D eigenvalue weighted by Crippen LogP contribution is 1.73. The minimum absolute atomic E-state index is 0.373. The van der Waals surface area contributed by atoms with Crippen molar-refractivity contribution in [2.24, 2.45) is 0 Å². The van der Waals surface area contributed by atoms with Crippen molar-refractivity contribution in [1.82, 2.24) is 25.7 Å². The van der Waals surface area contributed by atoms with Crippen molar-refractivity contribution in [3.63, 3.8) is 0 Å². The Balaban J connectivity index is 2.36. The molecular weight excluding hydrogens is 174 g/mol. The first kappa shape index (κ1) is 9.20. The predicted molar refractivity (Wildman–Crippen MR) is 45.3 cm³/mol. The third-order valence-corrected chi connectivity index (χ3v) is 1.06. The van der Waals surface area contributed by atoms with Crippen molar-refractivity contribution in [1.29, 1.82) is 0 Å². The van der Waals surface area contributed by atoms with Crippen LogP contribution in [0.3, 0.4) is 0 Å². The molecule has 1 aromatic rings. The summed E-state index contributed by atoms with van der Waals surface area (Å²) in [4.78, 5) is 15.6. The molecule has 0 amide bonds. The van der Waals surface area contributed by atoms with Crippen LogP contribution in [0.5, 0.6) is 0 Å². The zero-order valence-electron chi connectivity index (χ0n) is 6.80. The van der Waals surface area contributed by atoms with Crippen molar-refractivity contribution < 1.29 is 4.84 Å². The largest absolute Gasteiger partial charge is 0.365 e. The van der Waals surface area contributed by atoms with Gasteiger partial charge in [-0.15, -0.1) is 6.58 Å². The average molecular weight is 183 g/mol. The van der Waals surface area contributed by atoms with Gasteiger partial charge in [-0.1, -0.05) is 6.08 Å². The Morgan fingerprint density at radius 1 is 1.77 bits per heavy atom. The second-order valence-corrected chi connectivity index (χ2v) is 1.98. The molecule has 1 heterocycles. The van der Waals surface area contributed by atoms with Gasteiger partial charge in [-0.2, -0.15) is 4.68 Å². The minimum Gasteiger partial charge on any atom is -0.273 e. The van der Waals surface area contributed by atoms with Gasteiger partial charge in [0.15, 0.2) is 0 Å². The molecule has 0 saturated carbocycles. The molecule has 70 valence electrons. The van der Waals surface area contributed by atoms with Crippen LogP contribution in [0, 0.1) is 0 Å². The van der Waals surface area contributed by atoms with Gasteiger partial charge in [0.1, 0.15) is 0 Å². The number of aromatic amines is 1. The Labute approximate surface area is 73.6 Å². The topological polar surface area (TPSA) is 84.8 Å². The van der Waals surface area contributed by atoms with E-state index in [1.807, 2.05) is 0 Å². The fourth-order valence-electron chi connectivity index (χ4n) is 0.559. The first-order chi connectivity index (χ1) is 6.34. The maximum absolute atomic E-state index is 10.8. The van der Waals surface area contributed by atoms with E-state index in [9.17, 15) is 4.79 Å². The molecule has 0 aliphatic carbocycles. The van der Waals surface area contributed by atoms with Gasteiger partial charge < -0.3 is 0 Å². The molecule has 0 fully saturated rings. The highest BCUT2D eigenvalue weighted by Gasteiger charge is 1.90. The van der Waals surface area contributed by atoms with E-state index in [0.29, 0.717) is 6.61 Å². The minimum atomic E-state index is -0.415. The third kappa shape index (κ3) is 2.91. The predicted octanol–water partition coefficient (Wildman–Crippen LogP) is -0.898. The Hall–Kier alpha value is -1.89. The molecule has 0 aromatic carbocycles. The Morgan fingerprint density at radius 3 is 3.23 bits per heavy atom. The fourth-order valence-corrected chi connectivity index (χ4v) is 0.559. The van der Waals surface area contributed by atoms with E-state index in [1.54, 1.807) is 6.08 Å². The molecule has 0 aliphatic heterocycles. The number of nitrogens with one attached hydrogen (secondary N) is 2. The Kier molecular flexibility index (Phi) is 3.45. The van der Waals surface area contributed by atoms with Crippen LogP contribution in [0.4, 0.5) is 0 Å². The SMILES string of the molecule is C=CCONC=Cn1nn[nH]c1=O. The van der Waals surface area contributed by atoms with Crippen molar-refractivity contribution in [3.8, 4) is 0 Å². The van der Waals surface area contributed by atoms with E-state index in [2.05, 4.69) is 27.6 Å². The van der Waals surface area contributed by atoms with Crippen LogP contribution < -0.4 is 11.2 Å². The van der Waals surface area contributed by atoms with E-state index in [-0.39, 0.29) is 0 Å². The van der Waals surface area contributed by atoms with Gasteiger partial charge in [-0.05, 0) is 10.4 Å². The highest BCUT2D eigenvalue weighted by molar-refractivity contribution is 5.15. The lowest BCUT2D eigenvalue weighted by molar-refractivity contribution is 0.0961. The van der Waals surface area contributed by atoms with Gasteiger partial charge in [0.2, 0.25) is 0 Å². The van der Waals surface area contributed by atoms with Crippen LogP contribution in [-0.4, -0.2) is 26.8 Å². The van der Waals surface area contributed by atoms with E-state index in [1.165, 1.54) is 12.4 Å². The molecule has 2 N–H and O–H groups in total. The monoisotopic (exact) mass is 183 g/mol. The second kappa shape index (κ2) is 4.88. The summed E-state index contributed by atoms with van der Waals surface area (Å²) >= 11 is 0. The van der Waals surface area contributed by atoms with Crippen LogP contribution in [0.2, 0.25) is 0 Å². The van der Waals surface area contributed by atoms with Gasteiger partial charge in [-0.25, -0.2) is 9.89 Å². The lowest BCUT2D eigenvalue weighted by atomic mass is 10.7. The summed E-state index contributed by atoms with van der Waals surface area (Å²) in [5, 5.41) is 8.84. The molecule has 7 nitrogen and oxygen atoms in total. The molecule has 1 rings (SSSR count). The molecule has 0 unspecified atom stereocenters. The number of hydrogen-bond donors (Lipinski definition) is 2. The molecular formula is C6H9N5O2. The van der Waals surface area contributed by atoms with E-state index in [0.717, 1.165) is 4.68 Å². The average Bonchev–Trinajstić information content (AvgIpc) is 2.52. The van der Waals surface area contributed by atoms with E-state index < -0.39 is 5.69 Å². The van der Waals surface area contributed by atoms with Gasteiger partial charge in [0.25, 0.3) is 0 Å². The van der Waals surface area contributed by atoms with Crippen LogP contribution >= 0.6 is 0 Å². The maximum atomic E-state index is 10.8. The molecule has 0 radical (unpaired) electrons. The van der Waals surface area contributed by atoms with Crippen molar-refractivity contribution in [2.75, 3.05) is 6.61 Å². The number of H-pyrrole nitrogens is 1. The first-order valence-corrected chi connectivity index (χ1v) is 3.49. The standard InChI is InChI=1S/C6H9N5O2/c1-2-5-13-7-3-4-11-6(12)8-9-10-11/h2-4,7H,1,5H2,(H,8,10,12). The van der Waals surface area contributed by atoms with E-state index >= 15 is 0 Å². The van der Waals surface area contributed by atoms with Gasteiger partial charge in [-0.3, -0.25) is 10.3 Å². The molecule has 0 atom stereocenters. The quantitative estimate of drug-likeness (QED) is 0.351. The number of tetrazole rings is 1. The lowest BCUT2D eigenvalue weighted by Gasteiger charge is -1.95. The molecule has 0 spiro atoms. The molecule has 0 bridgehead atoms. The van der Waals surface area contributed by atoms with Crippen LogP contribution in [-0.2, 0) is 4.84 Å². The van der Waals surface area contributed by atoms with Crippen molar-refractivity contribution in [3.05, 3.63) is 29.3 Å². The normalized spacial score (nSPS) is 10.5. The summed E-state index contributed by atoms with van der Waals surface area (Å²) in [5.74, 6) is 0. The first-order valence-electron chi connectivity index (χ1n) is 3.49. The van der Waals surface area contributed by atoms with Crippen LogP contribution in [0.15, 0.2) is 23.6 Å². The van der Waals surface area contributed by atoms with Gasteiger partial charge >= 0.3 is 5.69 Å².